The molecule has 0 heterocycles. The molecule has 1 amide bonds. The van der Waals surface area contributed by atoms with Gasteiger partial charge in [0, 0.05) is 0 Å². The van der Waals surface area contributed by atoms with Gasteiger partial charge in [-0.25, -0.2) is 0 Å². The van der Waals surface area contributed by atoms with Gasteiger partial charge in [-0.15, -0.1) is 0 Å². The first-order valence-corrected chi connectivity index (χ1v) is 8.34. The second-order valence-electron chi connectivity index (χ2n) is 5.57. The molecular weight excluding hydrogens is 302 g/mol. The van der Waals surface area contributed by atoms with Gasteiger partial charge in [-0.2, -0.15) is 0 Å². The van der Waals surface area contributed by atoms with Crippen molar-refractivity contribution in [2.75, 3.05) is 7.11 Å². The van der Waals surface area contributed by atoms with Crippen LogP contribution in [0.2, 0.25) is 0 Å². The molecule has 0 saturated heterocycles. The maximum Gasteiger partial charge on any atom is 0.261 e. The molecule has 128 valence electrons. The summed E-state index contributed by atoms with van der Waals surface area (Å²) < 4.78 is 11.0. The summed E-state index contributed by atoms with van der Waals surface area (Å²) in [6, 6.07) is 17.1. The smallest absolute Gasteiger partial charge is 0.261 e. The predicted molar refractivity (Wildman–Crippen MR) is 95.3 cm³/mol. The summed E-state index contributed by atoms with van der Waals surface area (Å²) in [5, 5.41) is 3.09. The lowest BCUT2D eigenvalue weighted by Gasteiger charge is -2.22. The minimum atomic E-state index is -0.500. The van der Waals surface area contributed by atoms with E-state index < -0.39 is 6.10 Å². The fourth-order valence-electron chi connectivity index (χ4n) is 2.51. The molecule has 0 aromatic heterocycles. The molecule has 0 aliphatic rings. The van der Waals surface area contributed by atoms with E-state index in [4.69, 9.17) is 9.47 Å². The van der Waals surface area contributed by atoms with Crippen molar-refractivity contribution in [3.8, 4) is 11.5 Å². The summed E-state index contributed by atoms with van der Waals surface area (Å²) >= 11 is 0. The van der Waals surface area contributed by atoms with Crippen molar-refractivity contribution in [3.63, 3.8) is 0 Å². The van der Waals surface area contributed by atoms with E-state index in [0.29, 0.717) is 12.2 Å². The Morgan fingerprint density at radius 1 is 0.958 bits per heavy atom. The Kier molecular flexibility index (Phi) is 6.67. The number of ether oxygens (including phenoxy) is 2. The zero-order valence-electron chi connectivity index (χ0n) is 14.5. The maximum atomic E-state index is 12.6. The first-order valence-electron chi connectivity index (χ1n) is 8.34. The van der Waals surface area contributed by atoms with Crippen LogP contribution in [0.3, 0.4) is 0 Å². The summed E-state index contributed by atoms with van der Waals surface area (Å²) in [7, 11) is 1.64. The monoisotopic (exact) mass is 327 g/mol. The van der Waals surface area contributed by atoms with Gasteiger partial charge in [-0.1, -0.05) is 44.2 Å². The van der Waals surface area contributed by atoms with Crippen LogP contribution in [0.25, 0.3) is 0 Å². The van der Waals surface area contributed by atoms with Gasteiger partial charge in [0.25, 0.3) is 5.91 Å². The third-order valence-electron chi connectivity index (χ3n) is 3.93. The van der Waals surface area contributed by atoms with E-state index in [1.807, 2.05) is 68.4 Å². The van der Waals surface area contributed by atoms with Crippen LogP contribution in [0, 0.1) is 0 Å². The molecule has 2 rings (SSSR count). The van der Waals surface area contributed by atoms with Crippen molar-refractivity contribution in [2.24, 2.45) is 0 Å². The van der Waals surface area contributed by atoms with E-state index >= 15 is 0 Å². The van der Waals surface area contributed by atoms with Gasteiger partial charge in [0.1, 0.15) is 11.5 Å². The van der Waals surface area contributed by atoms with E-state index in [0.717, 1.165) is 17.7 Å². The van der Waals surface area contributed by atoms with Gasteiger partial charge in [-0.3, -0.25) is 4.79 Å². The molecule has 2 aromatic carbocycles. The van der Waals surface area contributed by atoms with Crippen molar-refractivity contribution in [1.29, 1.82) is 0 Å². The number of para-hydroxylation sites is 1. The average molecular weight is 327 g/mol. The summed E-state index contributed by atoms with van der Waals surface area (Å²) in [6.45, 7) is 4.00. The number of benzene rings is 2. The van der Waals surface area contributed by atoms with Crippen LogP contribution in [0.1, 0.15) is 38.3 Å². The Morgan fingerprint density at radius 2 is 1.62 bits per heavy atom. The van der Waals surface area contributed by atoms with Gasteiger partial charge >= 0.3 is 0 Å². The number of carbonyl (C=O) groups excluding carboxylic acids is 1. The van der Waals surface area contributed by atoms with E-state index in [1.54, 1.807) is 7.11 Å². The first kappa shape index (κ1) is 17.9. The zero-order chi connectivity index (χ0) is 17.4. The average Bonchev–Trinajstić information content (AvgIpc) is 2.65. The summed E-state index contributed by atoms with van der Waals surface area (Å²) in [5.41, 5.74) is 1.06. The Hall–Kier alpha value is -2.49. The van der Waals surface area contributed by atoms with E-state index in [9.17, 15) is 4.79 Å². The fraction of sp³-hybridized carbons (Fsp3) is 0.350. The highest BCUT2D eigenvalue weighted by molar-refractivity contribution is 5.81. The second kappa shape index (κ2) is 8.96. The third-order valence-corrected chi connectivity index (χ3v) is 3.93. The molecule has 0 bridgehead atoms. The lowest BCUT2D eigenvalue weighted by Crippen LogP contribution is -2.39. The zero-order valence-corrected chi connectivity index (χ0v) is 14.5. The maximum absolute atomic E-state index is 12.6. The lowest BCUT2D eigenvalue weighted by atomic mass is 10.0. The van der Waals surface area contributed by atoms with Crippen molar-refractivity contribution in [1.82, 2.24) is 5.32 Å². The van der Waals surface area contributed by atoms with Gasteiger partial charge in [0.05, 0.1) is 13.2 Å². The molecule has 0 saturated carbocycles. The molecule has 4 heteroatoms. The van der Waals surface area contributed by atoms with Crippen LogP contribution < -0.4 is 14.8 Å². The third kappa shape index (κ3) is 4.75. The van der Waals surface area contributed by atoms with Gasteiger partial charge in [0.2, 0.25) is 0 Å². The minimum Gasteiger partial charge on any atom is -0.497 e. The van der Waals surface area contributed by atoms with Crippen LogP contribution >= 0.6 is 0 Å². The Morgan fingerprint density at radius 3 is 2.17 bits per heavy atom. The topological polar surface area (TPSA) is 47.6 Å². The van der Waals surface area contributed by atoms with Gasteiger partial charge in [0.15, 0.2) is 6.10 Å². The highest BCUT2D eigenvalue weighted by atomic mass is 16.5. The van der Waals surface area contributed by atoms with Gasteiger partial charge < -0.3 is 14.8 Å². The molecular formula is C20H25NO3. The number of carbonyl (C=O) groups is 1. The molecule has 0 fully saturated rings. The number of hydrogen-bond donors (Lipinski definition) is 1. The number of amides is 1. The van der Waals surface area contributed by atoms with E-state index in [-0.39, 0.29) is 11.9 Å². The Balaban J connectivity index is 2.03. The van der Waals surface area contributed by atoms with Crippen molar-refractivity contribution >= 4 is 5.91 Å². The minimum absolute atomic E-state index is 0.0446. The first-order chi connectivity index (χ1) is 11.7. The van der Waals surface area contributed by atoms with Crippen molar-refractivity contribution in [3.05, 3.63) is 60.2 Å². The summed E-state index contributed by atoms with van der Waals surface area (Å²) in [5.74, 6) is 1.42. The predicted octanol–water partition coefficient (Wildman–Crippen LogP) is 4.12. The molecule has 0 unspecified atom stereocenters. The van der Waals surface area contributed by atoms with Gasteiger partial charge in [-0.05, 0) is 42.7 Å². The Bertz CT molecular complexity index is 625. The fourth-order valence-corrected chi connectivity index (χ4v) is 2.51. The largest absolute Gasteiger partial charge is 0.497 e. The molecule has 0 radical (unpaired) electrons. The van der Waals surface area contributed by atoms with E-state index in [2.05, 4.69) is 5.32 Å². The number of methoxy groups -OCH3 is 1. The van der Waals surface area contributed by atoms with Crippen molar-refractivity contribution < 1.29 is 14.3 Å². The normalized spacial score (nSPS) is 13.0. The van der Waals surface area contributed by atoms with Crippen molar-refractivity contribution in [2.45, 2.75) is 38.8 Å². The molecule has 2 atom stereocenters. The van der Waals surface area contributed by atoms with Crippen LogP contribution in [0.5, 0.6) is 11.5 Å². The summed E-state index contributed by atoms with van der Waals surface area (Å²) in [4.78, 5) is 12.6. The quantitative estimate of drug-likeness (QED) is 0.793. The highest BCUT2D eigenvalue weighted by Gasteiger charge is 2.21. The second-order valence-corrected chi connectivity index (χ2v) is 5.57. The van der Waals surface area contributed by atoms with Crippen LogP contribution in [0.15, 0.2) is 54.6 Å². The molecule has 0 aliphatic carbocycles. The van der Waals surface area contributed by atoms with Crippen LogP contribution in [-0.4, -0.2) is 19.1 Å². The summed E-state index contributed by atoms with van der Waals surface area (Å²) in [6.07, 6.45) is 0.916. The highest BCUT2D eigenvalue weighted by Crippen LogP contribution is 2.21. The van der Waals surface area contributed by atoms with Crippen LogP contribution in [0.4, 0.5) is 0 Å². The van der Waals surface area contributed by atoms with E-state index in [1.165, 1.54) is 0 Å². The Labute approximate surface area is 143 Å². The molecule has 2 aromatic rings. The number of hydrogen-bond acceptors (Lipinski definition) is 3. The van der Waals surface area contributed by atoms with Crippen LogP contribution in [-0.2, 0) is 4.79 Å². The number of rotatable bonds is 8. The molecule has 24 heavy (non-hydrogen) atoms. The molecule has 4 nitrogen and oxygen atoms in total. The number of nitrogens with one attached hydrogen (secondary N) is 1. The SMILES string of the molecule is CC[C@H](Oc1ccccc1)C(=O)N[C@H](CC)c1ccc(OC)cc1. The molecule has 0 spiro atoms. The standard InChI is InChI=1S/C20H25NO3/c1-4-18(15-11-13-16(23-3)14-12-15)21-20(22)19(5-2)24-17-9-7-6-8-10-17/h6-14,18-19H,4-5H2,1-3H3,(H,21,22)/t18-,19+/m1/s1. The lowest BCUT2D eigenvalue weighted by molar-refractivity contribution is -0.128. The molecule has 1 N–H and O–H groups in total. The molecule has 0 aliphatic heterocycles.